The predicted octanol–water partition coefficient (Wildman–Crippen LogP) is 2.66. The fourth-order valence-electron chi connectivity index (χ4n) is 3.40. The van der Waals surface area contributed by atoms with E-state index in [2.05, 4.69) is 10.1 Å². The van der Waals surface area contributed by atoms with Crippen molar-refractivity contribution >= 4 is 16.8 Å². The minimum Gasteiger partial charge on any atom is -0.385 e. The zero-order chi connectivity index (χ0) is 17.2. The summed E-state index contributed by atoms with van der Waals surface area (Å²) in [6.07, 6.45) is 4.39. The van der Waals surface area contributed by atoms with Crippen LogP contribution in [0.25, 0.3) is 10.9 Å². The lowest BCUT2D eigenvalue weighted by molar-refractivity contribution is 0.0641. The fourth-order valence-corrected chi connectivity index (χ4v) is 3.40. The van der Waals surface area contributed by atoms with Crippen LogP contribution in [0.2, 0.25) is 0 Å². The van der Waals surface area contributed by atoms with Crippen molar-refractivity contribution < 1.29 is 9.53 Å². The highest BCUT2D eigenvalue weighted by atomic mass is 16.5. The zero-order valence-corrected chi connectivity index (χ0v) is 14.1. The van der Waals surface area contributed by atoms with Crippen molar-refractivity contribution in [3.63, 3.8) is 0 Å². The first kappa shape index (κ1) is 15.8. The molecular weight excluding hydrogens is 316 g/mol. The predicted molar refractivity (Wildman–Crippen MR) is 94.2 cm³/mol. The Bertz CT molecular complexity index is 905. The normalized spacial score (nSPS) is 16.8. The van der Waals surface area contributed by atoms with E-state index >= 15 is 0 Å². The maximum Gasteiger partial charge on any atom is 0.254 e. The largest absolute Gasteiger partial charge is 0.385 e. The average molecular weight is 336 g/mol. The Balaban J connectivity index is 1.61. The Morgan fingerprint density at radius 1 is 1.28 bits per heavy atom. The molecular formula is C19H20N4O2. The Morgan fingerprint density at radius 2 is 2.20 bits per heavy atom. The second-order valence-corrected chi connectivity index (χ2v) is 6.30. The highest BCUT2D eigenvalue weighted by molar-refractivity contribution is 5.98. The van der Waals surface area contributed by atoms with Gasteiger partial charge in [0.15, 0.2) is 0 Å². The van der Waals surface area contributed by atoms with Crippen LogP contribution in [0.15, 0.2) is 48.8 Å². The minimum absolute atomic E-state index is 0.0422. The summed E-state index contributed by atoms with van der Waals surface area (Å²) >= 11 is 0. The number of carbonyl (C=O) groups is 1. The van der Waals surface area contributed by atoms with E-state index < -0.39 is 0 Å². The molecule has 1 atom stereocenters. The molecule has 0 aliphatic carbocycles. The number of carbonyl (C=O) groups excluding carboxylic acids is 1. The van der Waals surface area contributed by atoms with E-state index in [0.717, 1.165) is 23.0 Å². The molecule has 3 heterocycles. The molecule has 0 fully saturated rings. The second kappa shape index (κ2) is 6.64. The van der Waals surface area contributed by atoms with Crippen molar-refractivity contribution in [1.82, 2.24) is 19.7 Å². The number of methoxy groups -OCH3 is 1. The van der Waals surface area contributed by atoms with Crippen molar-refractivity contribution in [1.29, 1.82) is 0 Å². The minimum atomic E-state index is 0.0422. The van der Waals surface area contributed by atoms with Gasteiger partial charge in [0.25, 0.3) is 5.91 Å². The standard InChI is InChI=1S/C19H20N4O2/c1-25-10-7-17-13-22(12-16-6-9-21-23(16)17)19(24)15-4-5-18-14(11-15)3-2-8-20-18/h2-6,8-9,11,17H,7,10,12-13H2,1H3/t17-/m0/s1. The molecule has 0 saturated heterocycles. The molecule has 0 saturated carbocycles. The molecule has 2 aromatic heterocycles. The number of ether oxygens (including phenoxy) is 1. The van der Waals surface area contributed by atoms with Crippen molar-refractivity contribution in [2.75, 3.05) is 20.3 Å². The second-order valence-electron chi connectivity index (χ2n) is 6.30. The van der Waals surface area contributed by atoms with Crippen molar-refractivity contribution in [2.45, 2.75) is 19.0 Å². The van der Waals surface area contributed by atoms with Crippen LogP contribution in [0.5, 0.6) is 0 Å². The van der Waals surface area contributed by atoms with Crippen molar-refractivity contribution in [2.24, 2.45) is 0 Å². The van der Waals surface area contributed by atoms with E-state index in [1.54, 1.807) is 19.5 Å². The number of fused-ring (bicyclic) bond motifs is 2. The van der Waals surface area contributed by atoms with Gasteiger partial charge in [0.2, 0.25) is 0 Å². The molecule has 128 valence electrons. The lowest BCUT2D eigenvalue weighted by Crippen LogP contribution is -2.41. The molecule has 4 rings (SSSR count). The Morgan fingerprint density at radius 3 is 3.08 bits per heavy atom. The fraction of sp³-hybridized carbons (Fsp3) is 0.316. The number of rotatable bonds is 4. The third-order valence-corrected chi connectivity index (χ3v) is 4.67. The SMILES string of the molecule is COCC[C@H]1CN(C(=O)c2ccc3ncccc3c2)Cc2ccnn21. The summed E-state index contributed by atoms with van der Waals surface area (Å²) in [5, 5.41) is 5.39. The molecule has 1 aromatic carbocycles. The maximum absolute atomic E-state index is 13.0. The first-order chi connectivity index (χ1) is 12.3. The first-order valence-electron chi connectivity index (χ1n) is 8.41. The molecule has 0 bridgehead atoms. The highest BCUT2D eigenvalue weighted by Gasteiger charge is 2.28. The van der Waals surface area contributed by atoms with Gasteiger partial charge in [0, 0.05) is 43.6 Å². The number of aromatic nitrogens is 3. The van der Waals surface area contributed by atoms with E-state index in [-0.39, 0.29) is 11.9 Å². The summed E-state index contributed by atoms with van der Waals surface area (Å²) in [5.74, 6) is 0.0422. The molecule has 0 unspecified atom stereocenters. The quantitative estimate of drug-likeness (QED) is 0.735. The number of hydrogen-bond donors (Lipinski definition) is 0. The van der Waals surface area contributed by atoms with E-state index in [9.17, 15) is 4.79 Å². The van der Waals surface area contributed by atoms with Gasteiger partial charge in [0.1, 0.15) is 0 Å². The number of nitrogens with zero attached hydrogens (tertiary/aromatic N) is 4. The van der Waals surface area contributed by atoms with Crippen LogP contribution >= 0.6 is 0 Å². The van der Waals surface area contributed by atoms with Crippen LogP contribution in [0.1, 0.15) is 28.5 Å². The van der Waals surface area contributed by atoms with Crippen LogP contribution in [-0.4, -0.2) is 45.8 Å². The maximum atomic E-state index is 13.0. The Kier molecular flexibility index (Phi) is 4.19. The average Bonchev–Trinajstić information content (AvgIpc) is 3.13. The van der Waals surface area contributed by atoms with Crippen LogP contribution in [0.4, 0.5) is 0 Å². The van der Waals surface area contributed by atoms with Crippen molar-refractivity contribution in [3.05, 3.63) is 60.0 Å². The Hall–Kier alpha value is -2.73. The molecule has 0 N–H and O–H groups in total. The van der Waals surface area contributed by atoms with Gasteiger partial charge in [-0.05, 0) is 36.8 Å². The molecule has 1 aliphatic rings. The van der Waals surface area contributed by atoms with Gasteiger partial charge in [-0.15, -0.1) is 0 Å². The lowest BCUT2D eigenvalue weighted by atomic mass is 10.1. The number of amides is 1. The van der Waals surface area contributed by atoms with Gasteiger partial charge in [-0.25, -0.2) is 0 Å². The highest BCUT2D eigenvalue weighted by Crippen LogP contribution is 2.25. The topological polar surface area (TPSA) is 60.2 Å². The summed E-state index contributed by atoms with van der Waals surface area (Å²) in [6.45, 7) is 1.86. The smallest absolute Gasteiger partial charge is 0.254 e. The summed E-state index contributed by atoms with van der Waals surface area (Å²) in [7, 11) is 1.69. The van der Waals surface area contributed by atoms with E-state index in [0.29, 0.717) is 25.3 Å². The van der Waals surface area contributed by atoms with Gasteiger partial charge >= 0.3 is 0 Å². The summed E-state index contributed by atoms with van der Waals surface area (Å²) < 4.78 is 7.23. The molecule has 25 heavy (non-hydrogen) atoms. The molecule has 0 spiro atoms. The van der Waals surface area contributed by atoms with Crippen LogP contribution in [0, 0.1) is 0 Å². The summed E-state index contributed by atoms with van der Waals surface area (Å²) in [5.41, 5.74) is 2.65. The third kappa shape index (κ3) is 3.00. The first-order valence-corrected chi connectivity index (χ1v) is 8.41. The number of benzene rings is 1. The van der Waals surface area contributed by atoms with Gasteiger partial charge in [-0.1, -0.05) is 6.07 Å². The molecule has 6 heteroatoms. The van der Waals surface area contributed by atoms with Crippen LogP contribution < -0.4 is 0 Å². The molecule has 1 amide bonds. The van der Waals surface area contributed by atoms with Gasteiger partial charge in [-0.3, -0.25) is 14.5 Å². The zero-order valence-electron chi connectivity index (χ0n) is 14.1. The van der Waals surface area contributed by atoms with Gasteiger partial charge in [-0.2, -0.15) is 5.10 Å². The monoisotopic (exact) mass is 336 g/mol. The Labute approximate surface area is 146 Å². The summed E-state index contributed by atoms with van der Waals surface area (Å²) in [4.78, 5) is 19.2. The molecule has 0 radical (unpaired) electrons. The van der Waals surface area contributed by atoms with E-state index in [4.69, 9.17) is 4.74 Å². The summed E-state index contributed by atoms with van der Waals surface area (Å²) in [6, 6.07) is 11.7. The third-order valence-electron chi connectivity index (χ3n) is 4.67. The molecule has 6 nitrogen and oxygen atoms in total. The molecule has 3 aromatic rings. The van der Waals surface area contributed by atoms with E-state index in [1.807, 2.05) is 46.0 Å². The van der Waals surface area contributed by atoms with Gasteiger partial charge < -0.3 is 9.64 Å². The van der Waals surface area contributed by atoms with Crippen molar-refractivity contribution in [3.8, 4) is 0 Å². The number of hydrogen-bond acceptors (Lipinski definition) is 4. The van der Waals surface area contributed by atoms with E-state index in [1.165, 1.54) is 0 Å². The number of pyridine rings is 1. The molecule has 1 aliphatic heterocycles. The van der Waals surface area contributed by atoms with Crippen LogP contribution in [-0.2, 0) is 11.3 Å². The van der Waals surface area contributed by atoms with Crippen LogP contribution in [0.3, 0.4) is 0 Å². The van der Waals surface area contributed by atoms with Gasteiger partial charge in [0.05, 0.1) is 23.8 Å². The lowest BCUT2D eigenvalue weighted by Gasteiger charge is -2.34.